The number of benzene rings is 1. The lowest BCUT2D eigenvalue weighted by Crippen LogP contribution is -2.21. The zero-order chi connectivity index (χ0) is 13.7. The Morgan fingerprint density at radius 2 is 2.32 bits per heavy atom. The van der Waals surface area contributed by atoms with Gasteiger partial charge in [0.1, 0.15) is 5.75 Å². The molecule has 0 aliphatic heterocycles. The molecule has 0 aliphatic carbocycles. The molecule has 1 atom stereocenters. The van der Waals surface area contributed by atoms with Crippen LogP contribution >= 0.6 is 0 Å². The van der Waals surface area contributed by atoms with Gasteiger partial charge < -0.3 is 19.7 Å². The number of hydrogen-bond acceptors (Lipinski definition) is 6. The highest BCUT2D eigenvalue weighted by Gasteiger charge is 2.09. The number of rotatable bonds is 6. The van der Waals surface area contributed by atoms with Crippen LogP contribution < -0.4 is 10.1 Å². The summed E-state index contributed by atoms with van der Waals surface area (Å²) in [5, 5.41) is 16.9. The van der Waals surface area contributed by atoms with E-state index in [1.807, 2.05) is 24.3 Å². The van der Waals surface area contributed by atoms with E-state index in [1.165, 1.54) is 0 Å². The predicted octanol–water partition coefficient (Wildman–Crippen LogP) is 1.21. The molecule has 6 nitrogen and oxygen atoms in total. The number of ether oxygens (including phenoxy) is 1. The van der Waals surface area contributed by atoms with E-state index in [4.69, 9.17) is 9.26 Å². The molecule has 2 N–H and O–H groups in total. The first kappa shape index (κ1) is 13.5. The van der Waals surface area contributed by atoms with Gasteiger partial charge in [0.05, 0.1) is 19.8 Å². The summed E-state index contributed by atoms with van der Waals surface area (Å²) in [6, 6.07) is 7.35. The molecule has 1 aromatic carbocycles. The van der Waals surface area contributed by atoms with Crippen LogP contribution in [0.2, 0.25) is 0 Å². The summed E-state index contributed by atoms with van der Waals surface area (Å²) in [6.45, 7) is 2.60. The van der Waals surface area contributed by atoms with Gasteiger partial charge in [-0.05, 0) is 17.7 Å². The van der Waals surface area contributed by atoms with Gasteiger partial charge >= 0.3 is 0 Å². The maximum Gasteiger partial charge on any atom is 0.223 e. The fourth-order valence-corrected chi connectivity index (χ4v) is 1.70. The molecule has 0 saturated heterocycles. The topological polar surface area (TPSA) is 80.4 Å². The van der Waals surface area contributed by atoms with Crippen LogP contribution in [0.1, 0.15) is 23.4 Å². The SMILES string of the molecule is COc1cccc(C(O)CNCc2noc(C)n2)c1. The van der Waals surface area contributed by atoms with E-state index in [9.17, 15) is 5.11 Å². The monoisotopic (exact) mass is 263 g/mol. The molecule has 0 fully saturated rings. The summed E-state index contributed by atoms with van der Waals surface area (Å²) < 4.78 is 9.97. The van der Waals surface area contributed by atoms with Crippen molar-refractivity contribution in [3.05, 3.63) is 41.5 Å². The third kappa shape index (κ3) is 3.77. The van der Waals surface area contributed by atoms with E-state index in [2.05, 4.69) is 15.5 Å². The second kappa shape index (κ2) is 6.31. The Hall–Kier alpha value is -1.92. The van der Waals surface area contributed by atoms with Crippen molar-refractivity contribution in [3.8, 4) is 5.75 Å². The fraction of sp³-hybridized carbons (Fsp3) is 0.385. The van der Waals surface area contributed by atoms with Gasteiger partial charge in [0.25, 0.3) is 0 Å². The molecular weight excluding hydrogens is 246 g/mol. The molecule has 0 spiro atoms. The van der Waals surface area contributed by atoms with E-state index in [0.717, 1.165) is 11.3 Å². The summed E-state index contributed by atoms with van der Waals surface area (Å²) in [5.74, 6) is 1.84. The molecule has 1 unspecified atom stereocenters. The van der Waals surface area contributed by atoms with Crippen molar-refractivity contribution in [2.24, 2.45) is 0 Å². The summed E-state index contributed by atoms with van der Waals surface area (Å²) >= 11 is 0. The molecule has 1 aromatic heterocycles. The Bertz CT molecular complexity index is 527. The number of methoxy groups -OCH3 is 1. The summed E-state index contributed by atoms with van der Waals surface area (Å²) in [6.07, 6.45) is -0.608. The largest absolute Gasteiger partial charge is 0.497 e. The van der Waals surface area contributed by atoms with Gasteiger partial charge in [-0.3, -0.25) is 0 Å². The predicted molar refractivity (Wildman–Crippen MR) is 68.7 cm³/mol. The molecular formula is C13H17N3O3. The second-order valence-corrected chi connectivity index (χ2v) is 4.15. The third-order valence-electron chi connectivity index (χ3n) is 2.67. The standard InChI is InChI=1S/C13H17N3O3/c1-9-15-13(16-19-9)8-14-7-12(17)10-4-3-5-11(6-10)18-2/h3-6,12,14,17H,7-8H2,1-2H3. The van der Waals surface area contributed by atoms with E-state index in [0.29, 0.717) is 24.8 Å². The molecule has 2 aromatic rings. The number of hydrogen-bond donors (Lipinski definition) is 2. The Balaban J connectivity index is 1.85. The molecule has 2 rings (SSSR count). The van der Waals surface area contributed by atoms with Gasteiger partial charge in [0, 0.05) is 13.5 Å². The van der Waals surface area contributed by atoms with E-state index in [-0.39, 0.29) is 0 Å². The van der Waals surface area contributed by atoms with Crippen LogP contribution in [0.4, 0.5) is 0 Å². The van der Waals surface area contributed by atoms with Crippen LogP contribution in [-0.4, -0.2) is 28.9 Å². The molecule has 102 valence electrons. The van der Waals surface area contributed by atoms with Crippen molar-refractivity contribution in [3.63, 3.8) is 0 Å². The highest BCUT2D eigenvalue weighted by Crippen LogP contribution is 2.18. The maximum absolute atomic E-state index is 10.0. The first-order valence-corrected chi connectivity index (χ1v) is 6.01. The van der Waals surface area contributed by atoms with Gasteiger partial charge in [0.2, 0.25) is 5.89 Å². The van der Waals surface area contributed by atoms with Crippen molar-refractivity contribution in [1.29, 1.82) is 0 Å². The lowest BCUT2D eigenvalue weighted by Gasteiger charge is -2.12. The van der Waals surface area contributed by atoms with Crippen molar-refractivity contribution >= 4 is 0 Å². The molecule has 0 radical (unpaired) electrons. The maximum atomic E-state index is 10.0. The Morgan fingerprint density at radius 3 is 3.00 bits per heavy atom. The summed E-state index contributed by atoms with van der Waals surface area (Å²) in [5.41, 5.74) is 0.802. The number of aryl methyl sites for hydroxylation is 1. The van der Waals surface area contributed by atoms with Crippen molar-refractivity contribution in [2.45, 2.75) is 19.6 Å². The van der Waals surface area contributed by atoms with Crippen LogP contribution in [0, 0.1) is 6.92 Å². The zero-order valence-electron chi connectivity index (χ0n) is 11.0. The molecule has 6 heteroatoms. The van der Waals surface area contributed by atoms with E-state index >= 15 is 0 Å². The van der Waals surface area contributed by atoms with Gasteiger partial charge in [-0.15, -0.1) is 0 Å². The average Bonchev–Trinajstić information content (AvgIpc) is 2.84. The number of nitrogens with one attached hydrogen (secondary N) is 1. The third-order valence-corrected chi connectivity index (χ3v) is 2.67. The molecule has 0 saturated carbocycles. The van der Waals surface area contributed by atoms with Gasteiger partial charge in [-0.25, -0.2) is 0 Å². The zero-order valence-corrected chi connectivity index (χ0v) is 11.0. The molecule has 0 aliphatic rings. The van der Waals surface area contributed by atoms with E-state index in [1.54, 1.807) is 14.0 Å². The quantitative estimate of drug-likeness (QED) is 0.815. The molecule has 0 bridgehead atoms. The summed E-state index contributed by atoms with van der Waals surface area (Å²) in [7, 11) is 1.60. The highest BCUT2D eigenvalue weighted by atomic mass is 16.5. The molecule has 1 heterocycles. The van der Waals surface area contributed by atoms with Crippen LogP contribution in [-0.2, 0) is 6.54 Å². The Kier molecular flexibility index (Phi) is 4.48. The first-order chi connectivity index (χ1) is 9.19. The molecule has 19 heavy (non-hydrogen) atoms. The lowest BCUT2D eigenvalue weighted by molar-refractivity contribution is 0.173. The Morgan fingerprint density at radius 1 is 1.47 bits per heavy atom. The average molecular weight is 263 g/mol. The minimum absolute atomic E-state index is 0.404. The van der Waals surface area contributed by atoms with Crippen LogP contribution in [0.3, 0.4) is 0 Å². The normalized spacial score (nSPS) is 12.4. The minimum atomic E-state index is -0.608. The van der Waals surface area contributed by atoms with E-state index < -0.39 is 6.10 Å². The van der Waals surface area contributed by atoms with Gasteiger partial charge in [0.15, 0.2) is 5.82 Å². The smallest absolute Gasteiger partial charge is 0.223 e. The highest BCUT2D eigenvalue weighted by molar-refractivity contribution is 5.29. The van der Waals surface area contributed by atoms with Gasteiger partial charge in [-0.2, -0.15) is 4.98 Å². The number of aliphatic hydroxyl groups is 1. The molecule has 0 amide bonds. The number of aromatic nitrogens is 2. The van der Waals surface area contributed by atoms with Crippen molar-refractivity contribution < 1.29 is 14.4 Å². The van der Waals surface area contributed by atoms with Crippen LogP contribution in [0.5, 0.6) is 5.75 Å². The van der Waals surface area contributed by atoms with Crippen LogP contribution in [0.25, 0.3) is 0 Å². The fourth-order valence-electron chi connectivity index (χ4n) is 1.70. The second-order valence-electron chi connectivity index (χ2n) is 4.15. The first-order valence-electron chi connectivity index (χ1n) is 6.01. The van der Waals surface area contributed by atoms with Crippen molar-refractivity contribution in [2.75, 3.05) is 13.7 Å². The van der Waals surface area contributed by atoms with Gasteiger partial charge in [-0.1, -0.05) is 17.3 Å². The van der Waals surface area contributed by atoms with Crippen molar-refractivity contribution in [1.82, 2.24) is 15.5 Å². The number of aliphatic hydroxyl groups excluding tert-OH is 1. The summed E-state index contributed by atoms with van der Waals surface area (Å²) in [4.78, 5) is 4.07. The Labute approximate surface area is 111 Å². The minimum Gasteiger partial charge on any atom is -0.497 e. The number of nitrogens with zero attached hydrogens (tertiary/aromatic N) is 2. The lowest BCUT2D eigenvalue weighted by atomic mass is 10.1. The van der Waals surface area contributed by atoms with Crippen LogP contribution in [0.15, 0.2) is 28.8 Å².